The molecule has 0 atom stereocenters. The fraction of sp³-hybridized carbons (Fsp3) is 0.500. The Balaban J connectivity index is 0. The smallest absolute Gasteiger partial charge is 0.310 e. The first kappa shape index (κ1) is 11.0. The van der Waals surface area contributed by atoms with Gasteiger partial charge in [-0.25, -0.2) is 0 Å². The minimum atomic E-state index is -0.562. The SMILES string of the molecule is CC(=O)OC(C)=O.[Na]. The molecule has 0 unspecified atom stereocenters. The standard InChI is InChI=1S/C4H6O3.Na/c1-3(5)7-4(2)6;/h1-2H3;. The Morgan fingerprint density at radius 1 is 1.12 bits per heavy atom. The van der Waals surface area contributed by atoms with Gasteiger partial charge in [-0.2, -0.15) is 0 Å². The second-order valence-electron chi connectivity index (χ2n) is 1.09. The van der Waals surface area contributed by atoms with Gasteiger partial charge in [-0.1, -0.05) is 0 Å². The molecule has 0 rings (SSSR count). The summed E-state index contributed by atoms with van der Waals surface area (Å²) in [5.74, 6) is -1.12. The van der Waals surface area contributed by atoms with E-state index < -0.39 is 11.9 Å². The third kappa shape index (κ3) is 9.46. The van der Waals surface area contributed by atoms with Crippen molar-refractivity contribution in [3.63, 3.8) is 0 Å². The predicted octanol–water partition coefficient (Wildman–Crippen LogP) is -0.285. The number of carbonyl (C=O) groups excluding carboxylic acids is 2. The molecule has 0 aromatic carbocycles. The molecule has 0 aliphatic heterocycles. The maximum absolute atomic E-state index is 9.81. The zero-order valence-corrected chi connectivity index (χ0v) is 7.22. The van der Waals surface area contributed by atoms with Crippen LogP contribution in [0.3, 0.4) is 0 Å². The van der Waals surface area contributed by atoms with Crippen LogP contribution in [-0.4, -0.2) is 41.5 Å². The molecule has 4 heteroatoms. The largest absolute Gasteiger partial charge is 0.394 e. The van der Waals surface area contributed by atoms with Gasteiger partial charge in [0.05, 0.1) is 0 Å². The summed E-state index contributed by atoms with van der Waals surface area (Å²) in [4.78, 5) is 19.6. The molecule has 0 N–H and O–H groups in total. The van der Waals surface area contributed by atoms with Crippen LogP contribution < -0.4 is 0 Å². The van der Waals surface area contributed by atoms with Crippen molar-refractivity contribution < 1.29 is 14.3 Å². The Morgan fingerprint density at radius 3 is 1.38 bits per heavy atom. The van der Waals surface area contributed by atoms with Gasteiger partial charge in [-0.15, -0.1) is 0 Å². The Kier molecular flexibility index (Phi) is 7.26. The maximum atomic E-state index is 9.81. The molecule has 1 radical (unpaired) electrons. The number of hydrogen-bond acceptors (Lipinski definition) is 3. The molecule has 0 spiro atoms. The first-order chi connectivity index (χ1) is 3.13. The molecule has 0 aliphatic carbocycles. The predicted molar refractivity (Wildman–Crippen MR) is 28.2 cm³/mol. The van der Waals surface area contributed by atoms with E-state index in [1.165, 1.54) is 13.8 Å². The van der Waals surface area contributed by atoms with Crippen LogP contribution in [0.25, 0.3) is 0 Å². The average Bonchev–Trinajstić information content (AvgIpc) is 1.27. The van der Waals surface area contributed by atoms with Crippen LogP contribution in [0.4, 0.5) is 0 Å². The second-order valence-corrected chi connectivity index (χ2v) is 1.09. The molecule has 0 fully saturated rings. The Bertz CT molecular complexity index is 87.5. The van der Waals surface area contributed by atoms with Gasteiger partial charge in [0.1, 0.15) is 0 Å². The fourth-order valence-electron chi connectivity index (χ4n) is 0.202. The van der Waals surface area contributed by atoms with Crippen molar-refractivity contribution in [3.8, 4) is 0 Å². The van der Waals surface area contributed by atoms with Crippen molar-refractivity contribution in [3.05, 3.63) is 0 Å². The number of esters is 2. The topological polar surface area (TPSA) is 43.4 Å². The number of rotatable bonds is 0. The summed E-state index contributed by atoms with van der Waals surface area (Å²) in [6.45, 7) is 2.36. The van der Waals surface area contributed by atoms with Crippen LogP contribution in [0.15, 0.2) is 0 Å². The zero-order chi connectivity index (χ0) is 5.86. The molecule has 0 heterocycles. The van der Waals surface area contributed by atoms with Crippen molar-refractivity contribution in [2.75, 3.05) is 0 Å². The van der Waals surface area contributed by atoms with E-state index in [4.69, 9.17) is 0 Å². The summed E-state index contributed by atoms with van der Waals surface area (Å²) < 4.78 is 3.97. The molecule has 0 bridgehead atoms. The van der Waals surface area contributed by atoms with Crippen LogP contribution in [0.5, 0.6) is 0 Å². The Hall–Kier alpha value is 0.140. The minimum Gasteiger partial charge on any atom is -0.394 e. The van der Waals surface area contributed by atoms with E-state index in [0.717, 1.165) is 0 Å². The van der Waals surface area contributed by atoms with E-state index in [1.807, 2.05) is 0 Å². The van der Waals surface area contributed by atoms with Gasteiger partial charge < -0.3 is 4.74 Å². The van der Waals surface area contributed by atoms with E-state index in [1.54, 1.807) is 0 Å². The van der Waals surface area contributed by atoms with Crippen molar-refractivity contribution in [2.45, 2.75) is 13.8 Å². The van der Waals surface area contributed by atoms with Crippen molar-refractivity contribution >= 4 is 41.5 Å². The first-order valence-electron chi connectivity index (χ1n) is 1.82. The molecular weight excluding hydrogens is 119 g/mol. The summed E-state index contributed by atoms with van der Waals surface area (Å²) in [7, 11) is 0. The molecular formula is C4H6NaO3. The molecule has 0 aromatic heterocycles. The van der Waals surface area contributed by atoms with E-state index in [-0.39, 0.29) is 29.6 Å². The van der Waals surface area contributed by atoms with Crippen molar-refractivity contribution in [2.24, 2.45) is 0 Å². The van der Waals surface area contributed by atoms with Gasteiger partial charge in [0, 0.05) is 43.4 Å². The maximum Gasteiger partial charge on any atom is 0.310 e. The normalized spacial score (nSPS) is 6.75. The van der Waals surface area contributed by atoms with Crippen LogP contribution in [0.2, 0.25) is 0 Å². The van der Waals surface area contributed by atoms with Gasteiger partial charge in [-0.05, 0) is 0 Å². The number of carbonyl (C=O) groups is 2. The third-order valence-electron chi connectivity index (χ3n) is 0.287. The average molecular weight is 125 g/mol. The Morgan fingerprint density at radius 2 is 1.38 bits per heavy atom. The van der Waals surface area contributed by atoms with Gasteiger partial charge in [-0.3, -0.25) is 9.59 Å². The first-order valence-corrected chi connectivity index (χ1v) is 1.82. The monoisotopic (exact) mass is 125 g/mol. The van der Waals surface area contributed by atoms with Crippen molar-refractivity contribution in [1.82, 2.24) is 0 Å². The van der Waals surface area contributed by atoms with Gasteiger partial charge >= 0.3 is 11.9 Å². The van der Waals surface area contributed by atoms with E-state index >= 15 is 0 Å². The van der Waals surface area contributed by atoms with Crippen LogP contribution in [0, 0.1) is 0 Å². The molecule has 3 nitrogen and oxygen atoms in total. The van der Waals surface area contributed by atoms with Crippen LogP contribution in [-0.2, 0) is 14.3 Å². The molecule has 0 aliphatic rings. The zero-order valence-electron chi connectivity index (χ0n) is 5.22. The summed E-state index contributed by atoms with van der Waals surface area (Å²) >= 11 is 0. The van der Waals surface area contributed by atoms with Crippen LogP contribution >= 0.6 is 0 Å². The molecule has 8 heavy (non-hydrogen) atoms. The van der Waals surface area contributed by atoms with Crippen molar-refractivity contribution in [1.29, 1.82) is 0 Å². The van der Waals surface area contributed by atoms with Gasteiger partial charge in [0.2, 0.25) is 0 Å². The van der Waals surface area contributed by atoms with Gasteiger partial charge in [0.15, 0.2) is 0 Å². The third-order valence-corrected chi connectivity index (χ3v) is 0.287. The molecule has 41 valence electrons. The van der Waals surface area contributed by atoms with E-state index in [0.29, 0.717) is 0 Å². The summed E-state index contributed by atoms with van der Waals surface area (Å²) in [5, 5.41) is 0. The van der Waals surface area contributed by atoms with E-state index in [9.17, 15) is 9.59 Å². The quantitative estimate of drug-likeness (QED) is 0.254. The summed E-state index contributed by atoms with van der Waals surface area (Å²) in [6, 6.07) is 0. The summed E-state index contributed by atoms with van der Waals surface area (Å²) in [5.41, 5.74) is 0. The number of ether oxygens (including phenoxy) is 1. The van der Waals surface area contributed by atoms with Crippen LogP contribution in [0.1, 0.15) is 13.8 Å². The molecule has 0 saturated heterocycles. The molecule has 0 amide bonds. The Labute approximate surface area is 69.7 Å². The summed E-state index contributed by atoms with van der Waals surface area (Å²) in [6.07, 6.45) is 0. The van der Waals surface area contributed by atoms with Gasteiger partial charge in [0.25, 0.3) is 0 Å². The minimum absolute atomic E-state index is 0. The second kappa shape index (κ2) is 5.28. The fourth-order valence-corrected chi connectivity index (χ4v) is 0.202. The number of hydrogen-bond donors (Lipinski definition) is 0. The molecule has 0 saturated carbocycles. The van der Waals surface area contributed by atoms with E-state index in [2.05, 4.69) is 4.74 Å². The molecule has 0 aromatic rings.